The van der Waals surface area contributed by atoms with Gasteiger partial charge in [0.05, 0.1) is 11.1 Å². The van der Waals surface area contributed by atoms with E-state index >= 15 is 0 Å². The van der Waals surface area contributed by atoms with Crippen molar-refractivity contribution in [3.8, 4) is 5.75 Å². The Morgan fingerprint density at radius 2 is 2.05 bits per heavy atom. The number of aliphatic hydroxyl groups is 1. The van der Waals surface area contributed by atoms with Gasteiger partial charge in [0.15, 0.2) is 5.58 Å². The van der Waals surface area contributed by atoms with Gasteiger partial charge in [0.25, 0.3) is 0 Å². The number of nitrogens with one attached hydrogen (secondary N) is 1. The van der Waals surface area contributed by atoms with E-state index in [1.54, 1.807) is 0 Å². The molecule has 0 bridgehead atoms. The van der Waals surface area contributed by atoms with Crippen molar-refractivity contribution in [2.45, 2.75) is 45.8 Å². The van der Waals surface area contributed by atoms with E-state index in [0.717, 1.165) is 11.1 Å². The van der Waals surface area contributed by atoms with Crippen LogP contribution in [0, 0.1) is 0 Å². The van der Waals surface area contributed by atoms with Crippen molar-refractivity contribution in [2.75, 3.05) is 13.2 Å². The van der Waals surface area contributed by atoms with E-state index in [1.807, 2.05) is 32.0 Å². The molecule has 5 nitrogen and oxygen atoms in total. The third kappa shape index (κ3) is 3.95. The van der Waals surface area contributed by atoms with Crippen LogP contribution in [0.25, 0.3) is 11.0 Å². The second-order valence-corrected chi connectivity index (χ2v) is 5.88. The third-order valence-corrected chi connectivity index (χ3v) is 3.23. The Morgan fingerprint density at radius 3 is 2.71 bits per heavy atom. The fourth-order valence-electron chi connectivity index (χ4n) is 2.11. The number of fused-ring (bicyclic) bond motifs is 1. The van der Waals surface area contributed by atoms with Crippen molar-refractivity contribution >= 4 is 11.0 Å². The molecule has 0 saturated heterocycles. The van der Waals surface area contributed by atoms with Crippen molar-refractivity contribution in [1.29, 1.82) is 0 Å². The predicted octanol–water partition coefficient (Wildman–Crippen LogP) is 2.69. The highest BCUT2D eigenvalue weighted by atomic mass is 16.5. The zero-order chi connectivity index (χ0) is 15.4. The molecule has 1 unspecified atom stereocenters. The summed E-state index contributed by atoms with van der Waals surface area (Å²) in [5, 5.41) is 18.1. The first-order chi connectivity index (χ1) is 9.99. The molecule has 0 aliphatic rings. The first-order valence-corrected chi connectivity index (χ1v) is 7.41. The number of nitrogens with zero attached hydrogens (tertiary/aromatic N) is 1. The Morgan fingerprint density at radius 1 is 1.29 bits per heavy atom. The third-order valence-electron chi connectivity index (χ3n) is 3.23. The average Bonchev–Trinajstić information content (AvgIpc) is 2.87. The number of hydrogen-bond donors (Lipinski definition) is 2. The minimum atomic E-state index is -0.551. The van der Waals surface area contributed by atoms with Gasteiger partial charge in [-0.15, -0.1) is 0 Å². The first kappa shape index (κ1) is 15.8. The summed E-state index contributed by atoms with van der Waals surface area (Å²) in [6.07, 6.45) is -0.551. The maximum atomic E-state index is 9.93. The second kappa shape index (κ2) is 6.91. The van der Waals surface area contributed by atoms with Gasteiger partial charge in [0.2, 0.25) is 0 Å². The quantitative estimate of drug-likeness (QED) is 0.821. The molecule has 0 aliphatic heterocycles. The van der Waals surface area contributed by atoms with E-state index in [4.69, 9.17) is 9.26 Å². The monoisotopic (exact) mass is 292 g/mol. The minimum absolute atomic E-state index is 0.238. The maximum absolute atomic E-state index is 9.93. The Labute approximate surface area is 125 Å². The van der Waals surface area contributed by atoms with Crippen LogP contribution in [-0.4, -0.2) is 35.6 Å². The van der Waals surface area contributed by atoms with Crippen LogP contribution in [0.15, 0.2) is 22.7 Å². The van der Waals surface area contributed by atoms with Crippen LogP contribution in [0.4, 0.5) is 0 Å². The fourth-order valence-corrected chi connectivity index (χ4v) is 2.11. The molecule has 1 aromatic heterocycles. The largest absolute Gasteiger partial charge is 0.490 e. The summed E-state index contributed by atoms with van der Waals surface area (Å²) in [4.78, 5) is 0. The number of ether oxygens (including phenoxy) is 1. The van der Waals surface area contributed by atoms with Gasteiger partial charge >= 0.3 is 0 Å². The molecule has 1 heterocycles. The van der Waals surface area contributed by atoms with Crippen LogP contribution in [0.5, 0.6) is 5.75 Å². The van der Waals surface area contributed by atoms with E-state index in [2.05, 4.69) is 24.3 Å². The number of aromatic nitrogens is 1. The SMILES string of the molecule is CC(C)NCC(O)COc1cccc2onc(C(C)C)c12. The molecule has 0 spiro atoms. The lowest BCUT2D eigenvalue weighted by molar-refractivity contribution is 0.105. The lowest BCUT2D eigenvalue weighted by Crippen LogP contribution is -2.35. The number of rotatable bonds is 7. The van der Waals surface area contributed by atoms with Crippen LogP contribution in [-0.2, 0) is 0 Å². The summed E-state index contributed by atoms with van der Waals surface area (Å²) in [7, 11) is 0. The van der Waals surface area contributed by atoms with Gasteiger partial charge in [-0.05, 0) is 18.1 Å². The highest BCUT2D eigenvalue weighted by Crippen LogP contribution is 2.32. The lowest BCUT2D eigenvalue weighted by atomic mass is 10.1. The van der Waals surface area contributed by atoms with Gasteiger partial charge in [-0.3, -0.25) is 0 Å². The highest BCUT2D eigenvalue weighted by molar-refractivity contribution is 5.86. The standard InChI is InChI=1S/C16H24N2O3/c1-10(2)16-15-13(6-5-7-14(15)21-18-16)20-9-12(19)8-17-11(3)4/h5-7,10-12,17,19H,8-9H2,1-4H3. The van der Waals surface area contributed by atoms with Crippen molar-refractivity contribution in [2.24, 2.45) is 0 Å². The normalized spacial score (nSPS) is 13.3. The molecule has 2 rings (SSSR count). The summed E-state index contributed by atoms with van der Waals surface area (Å²) in [5.41, 5.74) is 1.60. The summed E-state index contributed by atoms with van der Waals surface area (Å²) in [6.45, 7) is 8.96. The van der Waals surface area contributed by atoms with E-state index in [0.29, 0.717) is 23.9 Å². The molecule has 0 fully saturated rings. The first-order valence-electron chi connectivity index (χ1n) is 7.41. The van der Waals surface area contributed by atoms with Gasteiger partial charge in [-0.1, -0.05) is 38.9 Å². The maximum Gasteiger partial charge on any atom is 0.170 e. The summed E-state index contributed by atoms with van der Waals surface area (Å²) < 4.78 is 11.1. The zero-order valence-electron chi connectivity index (χ0n) is 13.1. The molecule has 116 valence electrons. The van der Waals surface area contributed by atoms with E-state index in [9.17, 15) is 5.11 Å². The summed E-state index contributed by atoms with van der Waals surface area (Å²) >= 11 is 0. The van der Waals surface area contributed by atoms with Crippen molar-refractivity contribution in [3.05, 3.63) is 23.9 Å². The van der Waals surface area contributed by atoms with E-state index in [-0.39, 0.29) is 12.5 Å². The average molecular weight is 292 g/mol. The van der Waals surface area contributed by atoms with Gasteiger partial charge in [0, 0.05) is 12.6 Å². The Balaban J connectivity index is 2.09. The number of hydrogen-bond acceptors (Lipinski definition) is 5. The molecular formula is C16H24N2O3. The van der Waals surface area contributed by atoms with E-state index < -0.39 is 6.10 Å². The van der Waals surface area contributed by atoms with Gasteiger partial charge in [-0.25, -0.2) is 0 Å². The van der Waals surface area contributed by atoms with Gasteiger partial charge in [0.1, 0.15) is 18.5 Å². The fraction of sp³-hybridized carbons (Fsp3) is 0.562. The molecule has 0 saturated carbocycles. The zero-order valence-corrected chi connectivity index (χ0v) is 13.1. The van der Waals surface area contributed by atoms with Crippen molar-refractivity contribution < 1.29 is 14.4 Å². The summed E-state index contributed by atoms with van der Waals surface area (Å²) in [5.74, 6) is 0.963. The number of aliphatic hydroxyl groups excluding tert-OH is 1. The van der Waals surface area contributed by atoms with Crippen LogP contribution < -0.4 is 10.1 Å². The topological polar surface area (TPSA) is 67.5 Å². The molecule has 0 radical (unpaired) electrons. The van der Waals surface area contributed by atoms with Gasteiger partial charge < -0.3 is 19.7 Å². The molecule has 1 atom stereocenters. The Hall–Kier alpha value is -1.59. The molecule has 21 heavy (non-hydrogen) atoms. The molecule has 5 heteroatoms. The predicted molar refractivity (Wildman–Crippen MR) is 82.7 cm³/mol. The molecular weight excluding hydrogens is 268 g/mol. The van der Waals surface area contributed by atoms with Crippen LogP contribution in [0.2, 0.25) is 0 Å². The van der Waals surface area contributed by atoms with E-state index in [1.165, 1.54) is 0 Å². The lowest BCUT2D eigenvalue weighted by Gasteiger charge is -2.15. The number of benzene rings is 1. The highest BCUT2D eigenvalue weighted by Gasteiger charge is 2.17. The molecule has 0 aliphatic carbocycles. The Bertz CT molecular complexity index is 578. The van der Waals surface area contributed by atoms with Crippen molar-refractivity contribution in [1.82, 2.24) is 10.5 Å². The molecule has 1 aromatic carbocycles. The van der Waals surface area contributed by atoms with Crippen LogP contribution in [0.3, 0.4) is 0 Å². The van der Waals surface area contributed by atoms with Crippen molar-refractivity contribution in [3.63, 3.8) is 0 Å². The Kier molecular flexibility index (Phi) is 5.20. The second-order valence-electron chi connectivity index (χ2n) is 5.88. The minimum Gasteiger partial charge on any atom is -0.490 e. The molecule has 2 N–H and O–H groups in total. The van der Waals surface area contributed by atoms with Crippen LogP contribution >= 0.6 is 0 Å². The molecule has 2 aromatic rings. The van der Waals surface area contributed by atoms with Crippen LogP contribution in [0.1, 0.15) is 39.3 Å². The van der Waals surface area contributed by atoms with Gasteiger partial charge in [-0.2, -0.15) is 0 Å². The summed E-state index contributed by atoms with van der Waals surface area (Å²) in [6, 6.07) is 5.96. The molecule has 0 amide bonds. The smallest absolute Gasteiger partial charge is 0.170 e.